The first kappa shape index (κ1) is 17.6. The van der Waals surface area contributed by atoms with Gasteiger partial charge in [-0.15, -0.1) is 5.10 Å². The van der Waals surface area contributed by atoms with Crippen LogP contribution in [0.5, 0.6) is 0 Å². The lowest BCUT2D eigenvalue weighted by Gasteiger charge is -2.10. The van der Waals surface area contributed by atoms with E-state index in [0.717, 1.165) is 22.2 Å². The van der Waals surface area contributed by atoms with Gasteiger partial charge < -0.3 is 10.1 Å². The molecule has 0 saturated heterocycles. The zero-order valence-corrected chi connectivity index (χ0v) is 15.7. The number of hydrogen-bond acceptors (Lipinski definition) is 5. The number of hydrogen-bond donors (Lipinski definition) is 1. The van der Waals surface area contributed by atoms with Gasteiger partial charge >= 0.3 is 5.97 Å². The highest BCUT2D eigenvalue weighted by molar-refractivity contribution is 7.35. The van der Waals surface area contributed by atoms with Crippen molar-refractivity contribution in [2.24, 2.45) is 0 Å². The first-order chi connectivity index (χ1) is 12.1. The van der Waals surface area contributed by atoms with Gasteiger partial charge in [-0.3, -0.25) is 0 Å². The summed E-state index contributed by atoms with van der Waals surface area (Å²) >= 11 is 6.02. The third kappa shape index (κ3) is 3.91. The summed E-state index contributed by atoms with van der Waals surface area (Å²) in [5, 5.41) is 14.2. The molecule has 0 aliphatic rings. The van der Waals surface area contributed by atoms with Crippen LogP contribution in [0.4, 0.5) is 5.69 Å². The highest BCUT2D eigenvalue weighted by Gasteiger charge is 2.20. The van der Waals surface area contributed by atoms with Crippen molar-refractivity contribution in [3.05, 3.63) is 52.8 Å². The molecule has 0 amide bonds. The van der Waals surface area contributed by atoms with Gasteiger partial charge in [0.2, 0.25) is 0 Å². The quantitative estimate of drug-likeness (QED) is 0.521. The fraction of sp³-hybridized carbons (Fsp3) is 0.235. The van der Waals surface area contributed by atoms with E-state index in [0.29, 0.717) is 26.9 Å². The van der Waals surface area contributed by atoms with Crippen molar-refractivity contribution in [1.82, 2.24) is 14.8 Å². The maximum absolute atomic E-state index is 12.0. The molecule has 25 heavy (non-hydrogen) atoms. The topological polar surface area (TPSA) is 69.0 Å². The molecule has 6 nitrogen and oxygen atoms in total. The molecule has 130 valence electrons. The molecule has 0 aliphatic heterocycles. The molecule has 3 aromatic rings. The van der Waals surface area contributed by atoms with E-state index in [4.69, 9.17) is 16.3 Å². The summed E-state index contributed by atoms with van der Waals surface area (Å²) in [5.74, 6) is -0.447. The number of halogens is 1. The average Bonchev–Trinajstić information content (AvgIpc) is 3.03. The van der Waals surface area contributed by atoms with Gasteiger partial charge in [0.05, 0.1) is 18.8 Å². The molecule has 1 aromatic heterocycles. The Morgan fingerprint density at radius 3 is 2.80 bits per heavy atom. The normalized spacial score (nSPS) is 11.3. The molecule has 8 heteroatoms. The van der Waals surface area contributed by atoms with Gasteiger partial charge in [-0.25, -0.2) is 9.25 Å². The largest absolute Gasteiger partial charge is 0.461 e. The number of nitrogens with zero attached hydrogens (tertiary/aromatic N) is 3. The lowest BCUT2D eigenvalue weighted by atomic mass is 10.1. The van der Waals surface area contributed by atoms with Crippen LogP contribution in [0.25, 0.3) is 10.8 Å². The Morgan fingerprint density at radius 2 is 2.04 bits per heavy atom. The molecule has 0 radical (unpaired) electrons. The maximum atomic E-state index is 12.0. The van der Waals surface area contributed by atoms with Crippen LogP contribution in [0.15, 0.2) is 36.4 Å². The smallest absolute Gasteiger partial charge is 0.360 e. The first-order valence-electron chi connectivity index (χ1n) is 7.85. The molecule has 0 bridgehead atoms. The van der Waals surface area contributed by atoms with Crippen molar-refractivity contribution < 1.29 is 9.53 Å². The zero-order valence-electron chi connectivity index (χ0n) is 13.9. The van der Waals surface area contributed by atoms with E-state index in [1.54, 1.807) is 11.4 Å². The summed E-state index contributed by atoms with van der Waals surface area (Å²) in [4.78, 5) is 12.0. The molecule has 1 N–H and O–H groups in total. The van der Waals surface area contributed by atoms with Gasteiger partial charge in [0.1, 0.15) is 0 Å². The number of anilines is 1. The lowest BCUT2D eigenvalue weighted by molar-refractivity contribution is 0.0518. The Hall–Kier alpha value is -2.17. The highest BCUT2D eigenvalue weighted by atomic mass is 35.5. The summed E-state index contributed by atoms with van der Waals surface area (Å²) in [6, 6.07) is 11.8. The molecule has 0 fully saturated rings. The van der Waals surface area contributed by atoms with E-state index in [2.05, 4.69) is 15.6 Å². The van der Waals surface area contributed by atoms with Crippen LogP contribution in [0.2, 0.25) is 5.02 Å². The minimum Gasteiger partial charge on any atom is -0.461 e. The number of esters is 1. The number of ether oxygens (including phenoxy) is 1. The van der Waals surface area contributed by atoms with Crippen molar-refractivity contribution >= 4 is 42.8 Å². The number of nitrogens with one attached hydrogen (secondary N) is 1. The Balaban J connectivity index is 1.82. The number of fused-ring (bicyclic) bond motifs is 1. The SMILES string of the molecule is CCOC(=O)c1nnn(PC)c1CNc1ccc2cc(Cl)ccc2c1. The number of aromatic nitrogens is 3. The molecular weight excluding hydrogens is 359 g/mol. The third-order valence-electron chi connectivity index (χ3n) is 3.71. The van der Waals surface area contributed by atoms with Crippen LogP contribution in [-0.2, 0) is 11.3 Å². The molecule has 1 atom stereocenters. The number of rotatable bonds is 6. The Morgan fingerprint density at radius 1 is 1.28 bits per heavy atom. The number of benzene rings is 2. The van der Waals surface area contributed by atoms with Crippen LogP contribution >= 0.6 is 20.3 Å². The highest BCUT2D eigenvalue weighted by Crippen LogP contribution is 2.24. The first-order valence-corrected chi connectivity index (χ1v) is 9.67. The van der Waals surface area contributed by atoms with Gasteiger partial charge in [0.15, 0.2) is 5.69 Å². The summed E-state index contributed by atoms with van der Waals surface area (Å²) in [6.45, 7) is 4.48. The van der Waals surface area contributed by atoms with Crippen LogP contribution in [-0.4, -0.2) is 34.0 Å². The monoisotopic (exact) mass is 376 g/mol. The molecule has 3 rings (SSSR count). The van der Waals surface area contributed by atoms with Gasteiger partial charge in [-0.2, -0.15) is 0 Å². The van der Waals surface area contributed by atoms with Gasteiger partial charge in [-0.1, -0.05) is 28.9 Å². The summed E-state index contributed by atoms with van der Waals surface area (Å²) in [7, 11) is 0.376. The van der Waals surface area contributed by atoms with Crippen molar-refractivity contribution in [3.8, 4) is 0 Å². The fourth-order valence-corrected chi connectivity index (χ4v) is 3.28. The van der Waals surface area contributed by atoms with Gasteiger partial charge in [0, 0.05) is 19.4 Å². The fourth-order valence-electron chi connectivity index (χ4n) is 2.51. The molecule has 0 aliphatic carbocycles. The second-order valence-corrected chi connectivity index (χ2v) is 6.61. The van der Waals surface area contributed by atoms with E-state index in [1.807, 2.05) is 43.1 Å². The molecule has 1 heterocycles. The summed E-state index contributed by atoms with van der Waals surface area (Å²) < 4.78 is 6.78. The van der Waals surface area contributed by atoms with Crippen LogP contribution < -0.4 is 5.32 Å². The Kier molecular flexibility index (Phi) is 5.51. The van der Waals surface area contributed by atoms with E-state index < -0.39 is 5.97 Å². The molecule has 2 aromatic carbocycles. The van der Waals surface area contributed by atoms with Gasteiger partial charge in [0.25, 0.3) is 0 Å². The van der Waals surface area contributed by atoms with E-state index in [9.17, 15) is 4.79 Å². The van der Waals surface area contributed by atoms with Crippen molar-refractivity contribution in [2.45, 2.75) is 13.5 Å². The number of carbonyl (C=O) groups is 1. The Bertz CT molecular complexity index is 913. The third-order valence-corrected chi connectivity index (χ3v) is 4.72. The molecule has 0 spiro atoms. The van der Waals surface area contributed by atoms with Crippen molar-refractivity contribution in [2.75, 3.05) is 18.6 Å². The predicted molar refractivity (Wildman–Crippen MR) is 102 cm³/mol. The molecule has 1 unspecified atom stereocenters. The zero-order chi connectivity index (χ0) is 17.8. The van der Waals surface area contributed by atoms with Crippen molar-refractivity contribution in [3.63, 3.8) is 0 Å². The van der Waals surface area contributed by atoms with E-state index >= 15 is 0 Å². The second-order valence-electron chi connectivity index (χ2n) is 5.30. The number of carbonyl (C=O) groups excluding carboxylic acids is 1. The van der Waals surface area contributed by atoms with E-state index in [-0.39, 0.29) is 5.69 Å². The average molecular weight is 377 g/mol. The minimum atomic E-state index is -0.447. The van der Waals surface area contributed by atoms with Gasteiger partial charge in [-0.05, 0) is 48.6 Å². The van der Waals surface area contributed by atoms with Crippen LogP contribution in [0.1, 0.15) is 23.1 Å². The lowest BCUT2D eigenvalue weighted by Crippen LogP contribution is -2.12. The molecule has 0 saturated carbocycles. The minimum absolute atomic E-state index is 0.260. The Labute approximate surface area is 152 Å². The van der Waals surface area contributed by atoms with Crippen LogP contribution in [0.3, 0.4) is 0 Å². The maximum Gasteiger partial charge on any atom is 0.360 e. The van der Waals surface area contributed by atoms with Crippen molar-refractivity contribution in [1.29, 1.82) is 0 Å². The van der Waals surface area contributed by atoms with E-state index in [1.165, 1.54) is 0 Å². The summed E-state index contributed by atoms with van der Waals surface area (Å²) in [6.07, 6.45) is 0. The van der Waals surface area contributed by atoms with Crippen LogP contribution in [0, 0.1) is 0 Å². The predicted octanol–water partition coefficient (Wildman–Crippen LogP) is 3.94. The summed E-state index contributed by atoms with van der Waals surface area (Å²) in [5.41, 5.74) is 1.92. The molecular formula is C17H18ClN4O2P. The standard InChI is InChI=1S/C17H18ClN4O2P/c1-3-24-17(23)16-15(22(25-2)21-20-16)10-19-14-7-5-11-8-13(18)6-4-12(11)9-14/h4-9,19,25H,3,10H2,1-2H3. The second kappa shape index (κ2) is 7.81.